The Morgan fingerprint density at radius 1 is 1.50 bits per heavy atom. The highest BCUT2D eigenvalue weighted by atomic mass is 16.2. The molecule has 0 spiro atoms. The lowest BCUT2D eigenvalue weighted by atomic mass is 10.0. The molecule has 1 fully saturated rings. The molecule has 0 atom stereocenters. The first-order valence-corrected chi connectivity index (χ1v) is 5.56. The summed E-state index contributed by atoms with van der Waals surface area (Å²) < 4.78 is 0. The normalized spacial score (nSPS) is 16.5. The van der Waals surface area contributed by atoms with Crippen LogP contribution in [-0.2, 0) is 9.59 Å². The van der Waals surface area contributed by atoms with Crippen LogP contribution in [0.1, 0.15) is 26.7 Å². The predicted octanol–water partition coefficient (Wildman–Crippen LogP) is 0.700. The third-order valence-electron chi connectivity index (χ3n) is 2.74. The van der Waals surface area contributed by atoms with Gasteiger partial charge in [0, 0.05) is 25.9 Å². The molecule has 1 heterocycles. The Kier molecular flexibility index (Phi) is 4.04. The maximum absolute atomic E-state index is 11.5. The number of carbonyl (C=O) groups excluding carboxylic acids is 2. The summed E-state index contributed by atoms with van der Waals surface area (Å²) in [6.07, 6.45) is 1.12. The Morgan fingerprint density at radius 3 is 2.56 bits per heavy atom. The lowest BCUT2D eigenvalue weighted by Gasteiger charge is -2.16. The summed E-state index contributed by atoms with van der Waals surface area (Å²) in [6, 6.07) is 0. The van der Waals surface area contributed by atoms with Crippen LogP contribution >= 0.6 is 0 Å². The number of carbonyl (C=O) groups is 2. The van der Waals surface area contributed by atoms with E-state index in [4.69, 9.17) is 5.41 Å². The van der Waals surface area contributed by atoms with Crippen molar-refractivity contribution < 1.29 is 9.59 Å². The number of guanidine groups is 1. The molecule has 0 unspecified atom stereocenters. The van der Waals surface area contributed by atoms with E-state index in [1.807, 2.05) is 13.8 Å². The quantitative estimate of drug-likeness (QED) is 0.749. The highest BCUT2D eigenvalue weighted by molar-refractivity contribution is 6.02. The highest BCUT2D eigenvalue weighted by Gasteiger charge is 2.29. The zero-order valence-corrected chi connectivity index (χ0v) is 10.1. The fraction of sp³-hybridized carbons (Fsp3) is 0.727. The maximum Gasteiger partial charge on any atom is 0.248 e. The average Bonchev–Trinajstić information content (AvgIpc) is 2.44. The van der Waals surface area contributed by atoms with Crippen LogP contribution in [0.25, 0.3) is 0 Å². The van der Waals surface area contributed by atoms with Crippen molar-refractivity contribution >= 4 is 17.6 Å². The SMILES string of the molecule is CC(C)C(=O)CCCN1C(=N)N(C)CC1=O. The van der Waals surface area contributed by atoms with E-state index in [2.05, 4.69) is 0 Å². The molecule has 1 N–H and O–H groups in total. The first-order valence-electron chi connectivity index (χ1n) is 5.56. The van der Waals surface area contributed by atoms with Gasteiger partial charge >= 0.3 is 0 Å². The first kappa shape index (κ1) is 12.7. The number of likely N-dealkylation sites (N-methyl/N-ethyl adjacent to an activating group) is 1. The Labute approximate surface area is 95.9 Å². The van der Waals surface area contributed by atoms with Crippen molar-refractivity contribution in [1.29, 1.82) is 5.41 Å². The average molecular weight is 225 g/mol. The zero-order valence-electron chi connectivity index (χ0n) is 10.1. The Balaban J connectivity index is 2.36. The second-order valence-corrected chi connectivity index (χ2v) is 4.45. The largest absolute Gasteiger partial charge is 0.336 e. The number of amides is 1. The molecule has 1 amide bonds. The third-order valence-corrected chi connectivity index (χ3v) is 2.74. The van der Waals surface area contributed by atoms with E-state index >= 15 is 0 Å². The molecule has 1 rings (SSSR count). The fourth-order valence-corrected chi connectivity index (χ4v) is 1.62. The van der Waals surface area contributed by atoms with Crippen LogP contribution in [0.3, 0.4) is 0 Å². The van der Waals surface area contributed by atoms with E-state index in [9.17, 15) is 9.59 Å². The molecule has 0 aromatic rings. The second-order valence-electron chi connectivity index (χ2n) is 4.45. The van der Waals surface area contributed by atoms with Crippen molar-refractivity contribution in [1.82, 2.24) is 9.80 Å². The summed E-state index contributed by atoms with van der Waals surface area (Å²) in [5.41, 5.74) is 0. The molecule has 1 saturated heterocycles. The fourth-order valence-electron chi connectivity index (χ4n) is 1.62. The molecule has 0 radical (unpaired) electrons. The van der Waals surface area contributed by atoms with Gasteiger partial charge in [-0.2, -0.15) is 0 Å². The summed E-state index contributed by atoms with van der Waals surface area (Å²) in [6.45, 7) is 4.50. The van der Waals surface area contributed by atoms with Gasteiger partial charge in [-0.3, -0.25) is 19.9 Å². The van der Waals surface area contributed by atoms with E-state index in [0.717, 1.165) is 0 Å². The van der Waals surface area contributed by atoms with Gasteiger partial charge in [0.25, 0.3) is 0 Å². The van der Waals surface area contributed by atoms with Crippen LogP contribution in [0, 0.1) is 11.3 Å². The van der Waals surface area contributed by atoms with E-state index in [1.54, 1.807) is 11.9 Å². The van der Waals surface area contributed by atoms with Gasteiger partial charge in [-0.25, -0.2) is 0 Å². The molecule has 1 aliphatic heterocycles. The Morgan fingerprint density at radius 2 is 2.12 bits per heavy atom. The molecule has 0 saturated carbocycles. The Bertz CT molecular complexity index is 312. The van der Waals surface area contributed by atoms with Crippen LogP contribution in [-0.4, -0.2) is 47.6 Å². The number of nitrogens with one attached hydrogen (secondary N) is 1. The second kappa shape index (κ2) is 5.09. The van der Waals surface area contributed by atoms with Gasteiger partial charge in [-0.05, 0) is 6.42 Å². The molecule has 5 nitrogen and oxygen atoms in total. The molecule has 0 bridgehead atoms. The van der Waals surface area contributed by atoms with Gasteiger partial charge in [0.05, 0.1) is 6.54 Å². The topological polar surface area (TPSA) is 64.5 Å². The van der Waals surface area contributed by atoms with Crippen molar-refractivity contribution in [2.24, 2.45) is 5.92 Å². The molecule has 5 heteroatoms. The van der Waals surface area contributed by atoms with Gasteiger partial charge in [-0.1, -0.05) is 13.8 Å². The Hall–Kier alpha value is -1.39. The summed E-state index contributed by atoms with van der Waals surface area (Å²) >= 11 is 0. The van der Waals surface area contributed by atoms with E-state index in [0.29, 0.717) is 19.4 Å². The standard InChI is InChI=1S/C11H19N3O2/c1-8(2)9(15)5-4-6-14-10(16)7-13(3)11(14)12/h8,12H,4-7H2,1-3H3. The molecule has 0 aliphatic carbocycles. The number of Topliss-reactive ketones (excluding diaryl/α,β-unsaturated/α-hetero) is 1. The first-order chi connectivity index (χ1) is 7.43. The molecule has 90 valence electrons. The van der Waals surface area contributed by atoms with Gasteiger partial charge in [0.15, 0.2) is 0 Å². The third kappa shape index (κ3) is 2.81. The number of hydrogen-bond acceptors (Lipinski definition) is 3. The highest BCUT2D eigenvalue weighted by Crippen LogP contribution is 2.09. The van der Waals surface area contributed by atoms with Gasteiger partial charge in [0.2, 0.25) is 11.9 Å². The maximum atomic E-state index is 11.5. The zero-order chi connectivity index (χ0) is 12.3. The smallest absolute Gasteiger partial charge is 0.248 e. The minimum atomic E-state index is -0.0514. The molecular formula is C11H19N3O2. The molecular weight excluding hydrogens is 206 g/mol. The molecule has 16 heavy (non-hydrogen) atoms. The minimum absolute atomic E-state index is 0.0514. The van der Waals surface area contributed by atoms with Crippen molar-refractivity contribution in [3.05, 3.63) is 0 Å². The summed E-state index contributed by atoms with van der Waals surface area (Å²) in [5, 5.41) is 7.66. The van der Waals surface area contributed by atoms with Crippen molar-refractivity contribution in [3.8, 4) is 0 Å². The number of rotatable bonds is 5. The summed E-state index contributed by atoms with van der Waals surface area (Å²) in [7, 11) is 1.72. The lowest BCUT2D eigenvalue weighted by molar-refractivity contribution is -0.126. The van der Waals surface area contributed by atoms with Crippen molar-refractivity contribution in [2.45, 2.75) is 26.7 Å². The van der Waals surface area contributed by atoms with Crippen LogP contribution in [0.2, 0.25) is 0 Å². The monoisotopic (exact) mass is 225 g/mol. The number of ketones is 1. The lowest BCUT2D eigenvalue weighted by Crippen LogP contribution is -2.33. The van der Waals surface area contributed by atoms with E-state index < -0.39 is 0 Å². The van der Waals surface area contributed by atoms with Crippen molar-refractivity contribution in [2.75, 3.05) is 20.1 Å². The van der Waals surface area contributed by atoms with Crippen LogP contribution in [0.5, 0.6) is 0 Å². The number of hydrogen-bond donors (Lipinski definition) is 1. The van der Waals surface area contributed by atoms with Gasteiger partial charge < -0.3 is 4.90 Å². The molecule has 0 aromatic heterocycles. The molecule has 1 aliphatic rings. The molecule has 0 aromatic carbocycles. The van der Waals surface area contributed by atoms with Gasteiger partial charge in [-0.15, -0.1) is 0 Å². The van der Waals surface area contributed by atoms with Gasteiger partial charge in [0.1, 0.15) is 5.78 Å². The number of nitrogens with zero attached hydrogens (tertiary/aromatic N) is 2. The van der Waals surface area contributed by atoms with E-state index in [1.165, 1.54) is 4.90 Å². The van der Waals surface area contributed by atoms with Crippen LogP contribution in [0.4, 0.5) is 0 Å². The minimum Gasteiger partial charge on any atom is -0.336 e. The summed E-state index contributed by atoms with van der Waals surface area (Å²) in [5.74, 6) is 0.453. The van der Waals surface area contributed by atoms with E-state index in [-0.39, 0.29) is 30.1 Å². The summed E-state index contributed by atoms with van der Waals surface area (Å²) in [4.78, 5) is 25.9. The van der Waals surface area contributed by atoms with Crippen LogP contribution in [0.15, 0.2) is 0 Å². The predicted molar refractivity (Wildman–Crippen MR) is 61.1 cm³/mol. The van der Waals surface area contributed by atoms with Crippen molar-refractivity contribution in [3.63, 3.8) is 0 Å². The van der Waals surface area contributed by atoms with Crippen LogP contribution < -0.4 is 0 Å².